The molecule has 23 heavy (non-hydrogen) atoms. The molecule has 1 aliphatic rings. The van der Waals surface area contributed by atoms with E-state index in [4.69, 9.17) is 10.5 Å². The molecule has 1 fully saturated rings. The third-order valence-electron chi connectivity index (χ3n) is 3.85. The Morgan fingerprint density at radius 2 is 2.17 bits per heavy atom. The maximum atomic E-state index is 12.2. The van der Waals surface area contributed by atoms with Crippen LogP contribution in [0.3, 0.4) is 0 Å². The van der Waals surface area contributed by atoms with Gasteiger partial charge in [-0.15, -0.1) is 0 Å². The number of likely N-dealkylation sites (tertiary alicyclic amines) is 1. The van der Waals surface area contributed by atoms with Gasteiger partial charge in [-0.25, -0.2) is 0 Å². The second-order valence-electron chi connectivity index (χ2n) is 6.86. The Kier molecular flexibility index (Phi) is 5.44. The van der Waals surface area contributed by atoms with E-state index in [9.17, 15) is 14.7 Å². The van der Waals surface area contributed by atoms with Gasteiger partial charge in [0.25, 0.3) is 0 Å². The molecule has 0 amide bonds. The number of esters is 1. The van der Waals surface area contributed by atoms with Crippen LogP contribution in [0.15, 0.2) is 16.8 Å². The average Bonchev–Trinajstić information content (AvgIpc) is 2.92. The number of carbonyl (C=O) groups is 2. The molecule has 0 saturated carbocycles. The van der Waals surface area contributed by atoms with Crippen LogP contribution < -0.4 is 5.73 Å². The third-order valence-corrected chi connectivity index (χ3v) is 4.55. The van der Waals surface area contributed by atoms with Crippen LogP contribution >= 0.6 is 11.3 Å². The van der Waals surface area contributed by atoms with E-state index in [0.29, 0.717) is 19.4 Å². The number of carboxylic acid groups (broad SMARTS) is 1. The van der Waals surface area contributed by atoms with Crippen LogP contribution in [0.4, 0.5) is 0 Å². The van der Waals surface area contributed by atoms with E-state index in [-0.39, 0.29) is 11.9 Å². The van der Waals surface area contributed by atoms with Crippen molar-refractivity contribution in [3.63, 3.8) is 0 Å². The molecule has 2 heterocycles. The van der Waals surface area contributed by atoms with E-state index in [1.165, 1.54) is 11.3 Å². The fraction of sp³-hybridized carbons (Fsp3) is 0.625. The largest absolute Gasteiger partial charge is 0.480 e. The maximum absolute atomic E-state index is 12.2. The second-order valence-corrected chi connectivity index (χ2v) is 7.64. The van der Waals surface area contributed by atoms with Gasteiger partial charge < -0.3 is 15.6 Å². The number of hydrogen-bond donors (Lipinski definition) is 2. The summed E-state index contributed by atoms with van der Waals surface area (Å²) in [7, 11) is 0. The molecule has 0 spiro atoms. The summed E-state index contributed by atoms with van der Waals surface area (Å²) in [6.07, 6.45) is 0.474. The van der Waals surface area contributed by atoms with Crippen LogP contribution in [0.5, 0.6) is 0 Å². The molecule has 6 nitrogen and oxygen atoms in total. The van der Waals surface area contributed by atoms with Gasteiger partial charge in [-0.3, -0.25) is 14.5 Å². The highest BCUT2D eigenvalue weighted by Crippen LogP contribution is 2.31. The molecule has 0 bridgehead atoms. The van der Waals surface area contributed by atoms with Gasteiger partial charge >= 0.3 is 11.9 Å². The maximum Gasteiger partial charge on any atom is 0.325 e. The number of nitrogens with two attached hydrogens (primary N) is 1. The summed E-state index contributed by atoms with van der Waals surface area (Å²) in [5.41, 5.74) is 6.38. The first-order chi connectivity index (χ1) is 10.7. The van der Waals surface area contributed by atoms with Crippen LogP contribution in [0, 0.1) is 5.92 Å². The lowest BCUT2D eigenvalue weighted by atomic mass is 9.92. The minimum atomic E-state index is -0.922. The molecule has 0 aliphatic carbocycles. The van der Waals surface area contributed by atoms with Crippen molar-refractivity contribution in [2.24, 2.45) is 11.7 Å². The number of carbonyl (C=O) groups excluding carboxylic acids is 1. The Morgan fingerprint density at radius 3 is 2.65 bits per heavy atom. The zero-order chi connectivity index (χ0) is 17.2. The van der Waals surface area contributed by atoms with Gasteiger partial charge in [-0.1, -0.05) is 0 Å². The minimum absolute atomic E-state index is 0.255. The Labute approximate surface area is 140 Å². The Hall–Kier alpha value is -1.44. The average molecular weight is 340 g/mol. The highest BCUT2D eigenvalue weighted by atomic mass is 32.1. The second kappa shape index (κ2) is 6.98. The number of piperidine rings is 1. The molecule has 1 aromatic rings. The van der Waals surface area contributed by atoms with Crippen molar-refractivity contribution in [3.05, 3.63) is 22.4 Å². The quantitative estimate of drug-likeness (QED) is 0.816. The van der Waals surface area contributed by atoms with Gasteiger partial charge in [0.1, 0.15) is 11.6 Å². The number of thiophene rings is 1. The summed E-state index contributed by atoms with van der Waals surface area (Å²) in [5.74, 6) is -1.46. The van der Waals surface area contributed by atoms with Crippen molar-refractivity contribution in [2.45, 2.75) is 51.4 Å². The van der Waals surface area contributed by atoms with E-state index in [1.807, 2.05) is 31.5 Å². The van der Waals surface area contributed by atoms with Gasteiger partial charge in [0.2, 0.25) is 0 Å². The summed E-state index contributed by atoms with van der Waals surface area (Å²) >= 11 is 1.46. The van der Waals surface area contributed by atoms with Crippen molar-refractivity contribution in [1.82, 2.24) is 4.90 Å². The van der Waals surface area contributed by atoms with Gasteiger partial charge in [-0.2, -0.15) is 11.3 Å². The lowest BCUT2D eigenvalue weighted by Gasteiger charge is -2.40. The first-order valence-corrected chi connectivity index (χ1v) is 8.62. The van der Waals surface area contributed by atoms with Crippen molar-refractivity contribution in [2.75, 3.05) is 6.54 Å². The van der Waals surface area contributed by atoms with E-state index < -0.39 is 23.8 Å². The van der Waals surface area contributed by atoms with E-state index in [2.05, 4.69) is 0 Å². The van der Waals surface area contributed by atoms with Crippen LogP contribution in [0.1, 0.15) is 45.2 Å². The normalized spacial score (nSPS) is 24.2. The van der Waals surface area contributed by atoms with E-state index in [1.54, 1.807) is 11.0 Å². The molecule has 0 unspecified atom stereocenters. The molecule has 0 radical (unpaired) electrons. The number of ether oxygens (including phenoxy) is 1. The van der Waals surface area contributed by atoms with Crippen LogP contribution in [0.2, 0.25) is 0 Å². The molecule has 1 aromatic heterocycles. The van der Waals surface area contributed by atoms with Crippen LogP contribution in [-0.4, -0.2) is 40.3 Å². The third kappa shape index (κ3) is 4.53. The van der Waals surface area contributed by atoms with E-state index >= 15 is 0 Å². The van der Waals surface area contributed by atoms with Gasteiger partial charge in [-0.05, 0) is 56.0 Å². The van der Waals surface area contributed by atoms with Crippen molar-refractivity contribution in [3.8, 4) is 0 Å². The lowest BCUT2D eigenvalue weighted by Crippen LogP contribution is -2.52. The van der Waals surface area contributed by atoms with Crippen molar-refractivity contribution in [1.29, 1.82) is 0 Å². The molecule has 3 N–H and O–H groups in total. The van der Waals surface area contributed by atoms with Crippen molar-refractivity contribution >= 4 is 23.3 Å². The summed E-state index contributed by atoms with van der Waals surface area (Å²) in [6.45, 7) is 5.95. The lowest BCUT2D eigenvalue weighted by molar-refractivity contribution is -0.163. The first kappa shape index (κ1) is 17.9. The predicted octanol–water partition coefficient (Wildman–Crippen LogP) is 2.21. The Bertz CT molecular complexity index is 553. The smallest absolute Gasteiger partial charge is 0.325 e. The minimum Gasteiger partial charge on any atom is -0.480 e. The Balaban J connectivity index is 2.06. The zero-order valence-electron chi connectivity index (χ0n) is 13.7. The summed E-state index contributed by atoms with van der Waals surface area (Å²) in [4.78, 5) is 25.6. The fourth-order valence-electron chi connectivity index (χ4n) is 2.84. The van der Waals surface area contributed by atoms with Gasteiger partial charge in [0, 0.05) is 6.54 Å². The molecule has 128 valence electrons. The number of hydrogen-bond acceptors (Lipinski definition) is 6. The van der Waals surface area contributed by atoms with Gasteiger partial charge in [0.15, 0.2) is 0 Å². The molecule has 0 aromatic carbocycles. The molecule has 7 heteroatoms. The number of aliphatic carboxylic acids is 1. The molecule has 2 rings (SSSR count). The van der Waals surface area contributed by atoms with Crippen LogP contribution in [0.25, 0.3) is 0 Å². The molecule has 1 aliphatic heterocycles. The summed E-state index contributed by atoms with van der Waals surface area (Å²) in [6, 6.07) is 1.03. The molecule has 1 saturated heterocycles. The SMILES string of the molecule is CC(C)(C)OC(=O)[C@H]1CCN([C@H](C(=O)O)c2ccsc2)[C@@H](N)C1. The highest BCUT2D eigenvalue weighted by Gasteiger charge is 2.38. The monoisotopic (exact) mass is 340 g/mol. The number of carboxylic acids is 1. The van der Waals surface area contributed by atoms with Crippen molar-refractivity contribution < 1.29 is 19.4 Å². The zero-order valence-corrected chi connectivity index (χ0v) is 14.5. The highest BCUT2D eigenvalue weighted by molar-refractivity contribution is 7.08. The topological polar surface area (TPSA) is 92.9 Å². The standard InChI is InChI=1S/C16H24N2O4S/c1-16(2,3)22-15(21)10-4-6-18(12(17)8-10)13(14(19)20)11-5-7-23-9-11/h5,7,9-10,12-13H,4,6,8,17H2,1-3H3,(H,19,20)/t10-,12+,13-/m0/s1. The molecular formula is C16H24N2O4S. The fourth-order valence-corrected chi connectivity index (χ4v) is 3.52. The van der Waals surface area contributed by atoms with Crippen LogP contribution in [-0.2, 0) is 14.3 Å². The number of rotatable bonds is 4. The molecule has 3 atom stereocenters. The predicted molar refractivity (Wildman–Crippen MR) is 87.9 cm³/mol. The Morgan fingerprint density at radius 1 is 1.48 bits per heavy atom. The summed E-state index contributed by atoms with van der Waals surface area (Å²) in [5, 5.41) is 13.2. The van der Waals surface area contributed by atoms with Gasteiger partial charge in [0.05, 0.1) is 12.1 Å². The molecular weight excluding hydrogens is 316 g/mol. The summed E-state index contributed by atoms with van der Waals surface area (Å²) < 4.78 is 5.41. The van der Waals surface area contributed by atoms with E-state index in [0.717, 1.165) is 5.56 Å². The first-order valence-electron chi connectivity index (χ1n) is 7.68. The number of nitrogens with zero attached hydrogens (tertiary/aromatic N) is 1.